The number of aliphatic hydroxyl groups is 1. The second-order valence-corrected chi connectivity index (χ2v) is 8.74. The molecule has 4 rings (SSSR count). The van der Waals surface area contributed by atoms with Gasteiger partial charge in [-0.2, -0.15) is 0 Å². The molecular formula is C21H28N2O4. The molecule has 2 saturated carbocycles. The number of hydrogen-bond acceptors (Lipinski definition) is 4. The van der Waals surface area contributed by atoms with Crippen LogP contribution in [0.25, 0.3) is 0 Å². The van der Waals surface area contributed by atoms with Gasteiger partial charge in [0.2, 0.25) is 5.91 Å². The Morgan fingerprint density at radius 3 is 2.30 bits per heavy atom. The van der Waals surface area contributed by atoms with E-state index in [0.717, 1.165) is 24.2 Å². The van der Waals surface area contributed by atoms with Crippen LogP contribution in [0.2, 0.25) is 0 Å². The molecule has 3 aliphatic rings. The lowest BCUT2D eigenvalue weighted by Gasteiger charge is -2.61. The molecule has 1 atom stereocenters. The Morgan fingerprint density at radius 2 is 1.78 bits per heavy atom. The van der Waals surface area contributed by atoms with Gasteiger partial charge in [-0.15, -0.1) is 0 Å². The second kappa shape index (κ2) is 6.23. The van der Waals surface area contributed by atoms with Crippen LogP contribution in [-0.2, 0) is 15.0 Å². The normalized spacial score (nSPS) is 28.1. The Kier molecular flexibility index (Phi) is 4.22. The third-order valence-electron chi connectivity index (χ3n) is 7.04. The maximum Gasteiger partial charge on any atom is 0.251 e. The van der Waals surface area contributed by atoms with Crippen molar-refractivity contribution in [3.63, 3.8) is 0 Å². The number of carbonyl (C=O) groups excluding carboxylic acids is 2. The Labute approximate surface area is 159 Å². The number of piperidine rings is 1. The molecule has 27 heavy (non-hydrogen) atoms. The number of benzene rings is 1. The van der Waals surface area contributed by atoms with Crippen LogP contribution in [0.3, 0.4) is 0 Å². The van der Waals surface area contributed by atoms with Crippen molar-refractivity contribution in [3.05, 3.63) is 29.8 Å². The number of primary amides is 1. The summed E-state index contributed by atoms with van der Waals surface area (Å²) in [4.78, 5) is 27.0. The first-order valence-electron chi connectivity index (χ1n) is 9.79. The minimum absolute atomic E-state index is 0.00787. The number of carbonyl (C=O) groups is 2. The van der Waals surface area contributed by atoms with Crippen LogP contribution in [0.1, 0.15) is 50.5 Å². The van der Waals surface area contributed by atoms with Crippen molar-refractivity contribution < 1.29 is 19.4 Å². The number of amides is 2. The number of β-amino-alcohol motifs (C(OH)–C–C–N with tert-alkyl or cyclic N) is 1. The van der Waals surface area contributed by atoms with Gasteiger partial charge in [-0.25, -0.2) is 0 Å². The summed E-state index contributed by atoms with van der Waals surface area (Å²) >= 11 is 0. The largest absolute Gasteiger partial charge is 0.497 e. The average Bonchev–Trinajstić information content (AvgIpc) is 2.60. The van der Waals surface area contributed by atoms with Crippen LogP contribution in [0.5, 0.6) is 5.75 Å². The van der Waals surface area contributed by atoms with Gasteiger partial charge in [-0.1, -0.05) is 18.6 Å². The van der Waals surface area contributed by atoms with Crippen LogP contribution >= 0.6 is 0 Å². The van der Waals surface area contributed by atoms with Crippen LogP contribution in [0.4, 0.5) is 0 Å². The number of nitrogens with zero attached hydrogens (tertiary/aromatic N) is 1. The molecule has 0 aromatic heterocycles. The number of nitrogens with two attached hydrogens (primary N) is 1. The van der Waals surface area contributed by atoms with E-state index in [1.54, 1.807) is 12.0 Å². The molecule has 1 heterocycles. The highest BCUT2D eigenvalue weighted by Gasteiger charge is 2.62. The Balaban J connectivity index is 1.62. The Morgan fingerprint density at radius 1 is 1.11 bits per heavy atom. The lowest BCUT2D eigenvalue weighted by atomic mass is 9.43. The Hall–Kier alpha value is -2.08. The third kappa shape index (κ3) is 2.81. The maximum atomic E-state index is 13.6. The summed E-state index contributed by atoms with van der Waals surface area (Å²) in [6, 6.07) is 7.75. The summed E-state index contributed by atoms with van der Waals surface area (Å²) in [7, 11) is 1.63. The summed E-state index contributed by atoms with van der Waals surface area (Å²) in [6.45, 7) is 0.547. The van der Waals surface area contributed by atoms with Gasteiger partial charge < -0.3 is 20.5 Å². The summed E-state index contributed by atoms with van der Waals surface area (Å²) < 4.78 is 5.26. The van der Waals surface area contributed by atoms with Crippen LogP contribution in [0.15, 0.2) is 24.3 Å². The van der Waals surface area contributed by atoms with Gasteiger partial charge in [0.15, 0.2) is 5.60 Å². The number of ether oxygens (including phenoxy) is 1. The van der Waals surface area contributed by atoms with Crippen LogP contribution < -0.4 is 10.5 Å². The second-order valence-electron chi connectivity index (χ2n) is 8.74. The zero-order valence-corrected chi connectivity index (χ0v) is 15.9. The van der Waals surface area contributed by atoms with Crippen molar-refractivity contribution in [3.8, 4) is 5.75 Å². The first-order valence-corrected chi connectivity index (χ1v) is 9.79. The molecule has 6 heteroatoms. The van der Waals surface area contributed by atoms with Crippen molar-refractivity contribution >= 4 is 11.8 Å². The van der Waals surface area contributed by atoms with Gasteiger partial charge in [0.1, 0.15) is 5.75 Å². The van der Waals surface area contributed by atoms with Gasteiger partial charge in [0.05, 0.1) is 19.1 Å². The van der Waals surface area contributed by atoms with Crippen molar-refractivity contribution in [2.24, 2.45) is 11.1 Å². The molecule has 0 radical (unpaired) electrons. The molecular weight excluding hydrogens is 344 g/mol. The molecule has 1 saturated heterocycles. The standard InChI is InChI=1S/C21H28N2O4/c1-27-16-6-4-15(5-7-16)20(12-19(13-20)8-2-9-19)18(25)23-11-3-10-21(26,14-23)17(22)24/h4-7,26H,2-3,8-14H2,1H3,(H2,22,24). The van der Waals surface area contributed by atoms with Gasteiger partial charge in [-0.05, 0) is 61.6 Å². The average molecular weight is 372 g/mol. The van der Waals surface area contributed by atoms with Crippen molar-refractivity contribution in [2.75, 3.05) is 20.2 Å². The lowest BCUT2D eigenvalue weighted by Crippen LogP contribution is -2.64. The molecule has 2 amide bonds. The fourth-order valence-electron chi connectivity index (χ4n) is 5.36. The van der Waals surface area contributed by atoms with Crippen molar-refractivity contribution in [2.45, 2.75) is 56.0 Å². The highest BCUT2D eigenvalue weighted by atomic mass is 16.5. The molecule has 0 bridgehead atoms. The van der Waals surface area contributed by atoms with Gasteiger partial charge in [0.25, 0.3) is 5.91 Å². The molecule has 3 N–H and O–H groups in total. The molecule has 6 nitrogen and oxygen atoms in total. The summed E-state index contributed by atoms with van der Waals surface area (Å²) in [5.74, 6) is 0.0345. The molecule has 1 aromatic carbocycles. The first-order chi connectivity index (χ1) is 12.8. The number of rotatable bonds is 4. The molecule has 1 spiro atoms. The van der Waals surface area contributed by atoms with Crippen LogP contribution in [-0.4, -0.2) is 47.6 Å². The number of likely N-dealkylation sites (tertiary alicyclic amines) is 1. The Bertz CT molecular complexity index is 748. The first kappa shape index (κ1) is 18.3. The van der Waals surface area contributed by atoms with E-state index < -0.39 is 16.9 Å². The molecule has 146 valence electrons. The zero-order valence-electron chi connectivity index (χ0n) is 15.9. The van der Waals surface area contributed by atoms with Crippen molar-refractivity contribution in [1.82, 2.24) is 4.90 Å². The van der Waals surface area contributed by atoms with Gasteiger partial charge in [0, 0.05) is 6.54 Å². The van der Waals surface area contributed by atoms with E-state index in [1.165, 1.54) is 19.3 Å². The molecule has 2 aliphatic carbocycles. The van der Waals surface area contributed by atoms with E-state index in [4.69, 9.17) is 10.5 Å². The molecule has 1 aromatic rings. The molecule has 3 fully saturated rings. The van der Waals surface area contributed by atoms with E-state index in [2.05, 4.69) is 0 Å². The van der Waals surface area contributed by atoms with Gasteiger partial charge in [-0.3, -0.25) is 9.59 Å². The summed E-state index contributed by atoms with van der Waals surface area (Å²) in [6.07, 6.45) is 6.18. The van der Waals surface area contributed by atoms with Crippen LogP contribution in [0, 0.1) is 5.41 Å². The molecule has 1 unspecified atom stereocenters. The third-order valence-corrected chi connectivity index (χ3v) is 7.04. The summed E-state index contributed by atoms with van der Waals surface area (Å²) in [5, 5.41) is 10.5. The zero-order chi connectivity index (χ0) is 19.3. The van der Waals surface area contributed by atoms with E-state index in [9.17, 15) is 14.7 Å². The summed E-state index contributed by atoms with van der Waals surface area (Å²) in [5.41, 5.74) is 4.51. The quantitative estimate of drug-likeness (QED) is 0.842. The highest BCUT2D eigenvalue weighted by Crippen LogP contribution is 2.65. The number of hydrogen-bond donors (Lipinski definition) is 2. The SMILES string of the molecule is COc1ccc(C2(C(=O)N3CCCC(O)(C(N)=O)C3)CC3(CCC3)C2)cc1. The van der Waals surface area contributed by atoms with Crippen molar-refractivity contribution in [1.29, 1.82) is 0 Å². The monoisotopic (exact) mass is 372 g/mol. The fourth-order valence-corrected chi connectivity index (χ4v) is 5.36. The van der Waals surface area contributed by atoms with E-state index >= 15 is 0 Å². The minimum atomic E-state index is -1.62. The van der Waals surface area contributed by atoms with E-state index in [-0.39, 0.29) is 12.5 Å². The predicted octanol–water partition coefficient (Wildman–Crippen LogP) is 1.74. The number of methoxy groups -OCH3 is 1. The highest BCUT2D eigenvalue weighted by molar-refractivity contribution is 5.91. The topological polar surface area (TPSA) is 92.9 Å². The van der Waals surface area contributed by atoms with E-state index in [0.29, 0.717) is 24.8 Å². The smallest absolute Gasteiger partial charge is 0.251 e. The maximum absolute atomic E-state index is 13.6. The predicted molar refractivity (Wildman–Crippen MR) is 100 cm³/mol. The lowest BCUT2D eigenvalue weighted by molar-refractivity contribution is -0.162. The van der Waals surface area contributed by atoms with E-state index in [1.807, 2.05) is 24.3 Å². The minimum Gasteiger partial charge on any atom is -0.497 e. The fraction of sp³-hybridized carbons (Fsp3) is 0.619. The van der Waals surface area contributed by atoms with Gasteiger partial charge >= 0.3 is 0 Å². The molecule has 1 aliphatic heterocycles.